The summed E-state index contributed by atoms with van der Waals surface area (Å²) in [6, 6.07) is 12.7. The predicted molar refractivity (Wildman–Crippen MR) is 102 cm³/mol. The van der Waals surface area contributed by atoms with Crippen molar-refractivity contribution >= 4 is 23.2 Å². The Morgan fingerprint density at radius 2 is 1.73 bits per heavy atom. The van der Waals surface area contributed by atoms with Crippen molar-refractivity contribution in [3.05, 3.63) is 48.0 Å². The number of rotatable bonds is 7. The van der Waals surface area contributed by atoms with E-state index in [2.05, 4.69) is 12.2 Å². The maximum Gasteiger partial charge on any atom is 0.244 e. The molecule has 0 unspecified atom stereocenters. The van der Waals surface area contributed by atoms with Crippen molar-refractivity contribution in [2.24, 2.45) is 0 Å². The average molecular weight is 356 g/mol. The number of anilines is 2. The van der Waals surface area contributed by atoms with Crippen molar-refractivity contribution in [2.75, 3.05) is 31.0 Å². The second kappa shape index (κ2) is 8.89. The lowest BCUT2D eigenvalue weighted by molar-refractivity contribution is -0.120. The van der Waals surface area contributed by atoms with Gasteiger partial charge in [-0.3, -0.25) is 9.59 Å². The number of aryl methyl sites for hydroxylation is 1. The first kappa shape index (κ1) is 19.3. The average Bonchev–Trinajstić information content (AvgIpc) is 2.66. The van der Waals surface area contributed by atoms with Gasteiger partial charge in [0.1, 0.15) is 18.0 Å². The molecular weight excluding hydrogens is 332 g/mol. The fourth-order valence-electron chi connectivity index (χ4n) is 2.53. The Kier molecular flexibility index (Phi) is 6.60. The maximum atomic E-state index is 12.5. The third kappa shape index (κ3) is 4.75. The Bertz CT molecular complexity index is 772. The zero-order valence-electron chi connectivity index (χ0n) is 15.5. The number of nitrogens with zero attached hydrogens (tertiary/aromatic N) is 1. The fourth-order valence-corrected chi connectivity index (χ4v) is 2.53. The van der Waals surface area contributed by atoms with E-state index in [0.717, 1.165) is 6.42 Å². The van der Waals surface area contributed by atoms with E-state index in [9.17, 15) is 9.59 Å². The van der Waals surface area contributed by atoms with Crippen LogP contribution in [-0.4, -0.2) is 32.6 Å². The Morgan fingerprint density at radius 1 is 1.04 bits per heavy atom. The van der Waals surface area contributed by atoms with Crippen LogP contribution >= 0.6 is 0 Å². The van der Waals surface area contributed by atoms with E-state index in [0.29, 0.717) is 22.9 Å². The van der Waals surface area contributed by atoms with E-state index in [4.69, 9.17) is 9.47 Å². The summed E-state index contributed by atoms with van der Waals surface area (Å²) in [7, 11) is 3.07. The molecule has 0 aromatic heterocycles. The van der Waals surface area contributed by atoms with E-state index >= 15 is 0 Å². The molecule has 0 bridgehead atoms. The molecule has 2 amide bonds. The molecule has 0 spiro atoms. The molecule has 0 aliphatic carbocycles. The molecule has 0 saturated carbocycles. The number of amides is 2. The number of ether oxygens (including phenoxy) is 2. The summed E-state index contributed by atoms with van der Waals surface area (Å²) in [4.78, 5) is 25.9. The molecule has 2 rings (SSSR count). The molecule has 1 N–H and O–H groups in total. The van der Waals surface area contributed by atoms with Gasteiger partial charge in [0.15, 0.2) is 0 Å². The van der Waals surface area contributed by atoms with Gasteiger partial charge in [-0.05, 0) is 36.2 Å². The molecular formula is C20H24N2O4. The third-order valence-corrected chi connectivity index (χ3v) is 4.02. The lowest BCUT2D eigenvalue weighted by atomic mass is 10.1. The van der Waals surface area contributed by atoms with E-state index in [1.807, 2.05) is 24.3 Å². The van der Waals surface area contributed by atoms with E-state index in [1.165, 1.54) is 24.5 Å². The lowest BCUT2D eigenvalue weighted by Crippen LogP contribution is -2.36. The fraction of sp³-hybridized carbons (Fsp3) is 0.300. The van der Waals surface area contributed by atoms with Gasteiger partial charge in [0.05, 0.1) is 19.9 Å². The summed E-state index contributed by atoms with van der Waals surface area (Å²) in [6.07, 6.45) is 0.915. The number of methoxy groups -OCH3 is 2. The van der Waals surface area contributed by atoms with E-state index in [1.54, 1.807) is 25.3 Å². The molecule has 0 radical (unpaired) electrons. The van der Waals surface area contributed by atoms with Crippen LogP contribution in [0.3, 0.4) is 0 Å². The van der Waals surface area contributed by atoms with Crippen LogP contribution < -0.4 is 19.7 Å². The minimum atomic E-state index is -0.316. The van der Waals surface area contributed by atoms with Crippen LogP contribution in [-0.2, 0) is 16.0 Å². The van der Waals surface area contributed by atoms with Crippen LogP contribution in [0, 0.1) is 0 Å². The SMILES string of the molecule is CCc1ccc(N(CC(=O)Nc2ccc(OC)cc2OC)C(C)=O)cc1. The van der Waals surface area contributed by atoms with Gasteiger partial charge in [0, 0.05) is 18.7 Å². The number of nitrogens with one attached hydrogen (secondary N) is 1. The van der Waals surface area contributed by atoms with Gasteiger partial charge in [-0.25, -0.2) is 0 Å². The lowest BCUT2D eigenvalue weighted by Gasteiger charge is -2.21. The van der Waals surface area contributed by atoms with Crippen LogP contribution in [0.25, 0.3) is 0 Å². The Balaban J connectivity index is 2.14. The molecule has 0 saturated heterocycles. The summed E-state index contributed by atoms with van der Waals surface area (Å²) < 4.78 is 10.4. The first-order valence-corrected chi connectivity index (χ1v) is 8.37. The second-order valence-corrected chi connectivity index (χ2v) is 5.74. The standard InChI is InChI=1S/C20H24N2O4/c1-5-15-6-8-16(9-7-15)22(14(2)23)13-20(24)21-18-11-10-17(25-3)12-19(18)26-4/h6-12H,5,13H2,1-4H3,(H,21,24). The van der Waals surface area contributed by atoms with Crippen LogP contribution in [0.4, 0.5) is 11.4 Å². The highest BCUT2D eigenvalue weighted by atomic mass is 16.5. The van der Waals surface area contributed by atoms with Crippen LogP contribution in [0.15, 0.2) is 42.5 Å². The summed E-state index contributed by atoms with van der Waals surface area (Å²) in [5.41, 5.74) is 2.37. The largest absolute Gasteiger partial charge is 0.497 e. The first-order chi connectivity index (χ1) is 12.5. The van der Waals surface area contributed by atoms with Crippen LogP contribution in [0.1, 0.15) is 19.4 Å². The van der Waals surface area contributed by atoms with Crippen molar-refractivity contribution in [3.63, 3.8) is 0 Å². The molecule has 2 aromatic rings. The first-order valence-electron chi connectivity index (χ1n) is 8.37. The highest BCUT2D eigenvalue weighted by Gasteiger charge is 2.17. The zero-order valence-corrected chi connectivity index (χ0v) is 15.5. The van der Waals surface area contributed by atoms with Crippen LogP contribution in [0.2, 0.25) is 0 Å². The van der Waals surface area contributed by atoms with Gasteiger partial charge in [0.2, 0.25) is 11.8 Å². The number of benzene rings is 2. The monoisotopic (exact) mass is 356 g/mol. The van der Waals surface area contributed by atoms with Crippen molar-refractivity contribution in [1.82, 2.24) is 0 Å². The maximum absolute atomic E-state index is 12.5. The third-order valence-electron chi connectivity index (χ3n) is 4.02. The summed E-state index contributed by atoms with van der Waals surface area (Å²) in [6.45, 7) is 3.42. The molecule has 0 atom stereocenters. The Hall–Kier alpha value is -3.02. The Labute approximate surface area is 153 Å². The van der Waals surface area contributed by atoms with Crippen molar-refractivity contribution in [1.29, 1.82) is 0 Å². The predicted octanol–water partition coefficient (Wildman–Crippen LogP) is 3.26. The van der Waals surface area contributed by atoms with E-state index in [-0.39, 0.29) is 18.4 Å². The topological polar surface area (TPSA) is 67.9 Å². The molecule has 0 fully saturated rings. The number of carbonyl (C=O) groups excluding carboxylic acids is 2. The van der Waals surface area contributed by atoms with Gasteiger partial charge in [-0.15, -0.1) is 0 Å². The highest BCUT2D eigenvalue weighted by Crippen LogP contribution is 2.29. The molecule has 6 nitrogen and oxygen atoms in total. The summed E-state index contributed by atoms with van der Waals surface area (Å²) in [5.74, 6) is 0.593. The summed E-state index contributed by atoms with van der Waals surface area (Å²) in [5, 5.41) is 2.78. The van der Waals surface area contributed by atoms with Gasteiger partial charge in [-0.2, -0.15) is 0 Å². The van der Waals surface area contributed by atoms with Gasteiger partial charge in [-0.1, -0.05) is 19.1 Å². The molecule has 2 aromatic carbocycles. The quantitative estimate of drug-likeness (QED) is 0.827. The minimum absolute atomic E-state index is 0.0873. The zero-order chi connectivity index (χ0) is 19.1. The smallest absolute Gasteiger partial charge is 0.244 e. The molecule has 0 aliphatic rings. The Morgan fingerprint density at radius 3 is 2.27 bits per heavy atom. The summed E-state index contributed by atoms with van der Waals surface area (Å²) >= 11 is 0. The minimum Gasteiger partial charge on any atom is -0.497 e. The second-order valence-electron chi connectivity index (χ2n) is 5.74. The van der Waals surface area contributed by atoms with Crippen molar-refractivity contribution in [3.8, 4) is 11.5 Å². The van der Waals surface area contributed by atoms with E-state index < -0.39 is 0 Å². The molecule has 26 heavy (non-hydrogen) atoms. The van der Waals surface area contributed by atoms with Gasteiger partial charge in [0.25, 0.3) is 0 Å². The number of hydrogen-bond acceptors (Lipinski definition) is 4. The molecule has 0 heterocycles. The molecule has 6 heteroatoms. The van der Waals surface area contributed by atoms with Crippen LogP contribution in [0.5, 0.6) is 11.5 Å². The number of hydrogen-bond donors (Lipinski definition) is 1. The highest BCUT2D eigenvalue weighted by molar-refractivity contribution is 6.02. The molecule has 0 aliphatic heterocycles. The van der Waals surface area contributed by atoms with Crippen molar-refractivity contribution < 1.29 is 19.1 Å². The molecule has 138 valence electrons. The van der Waals surface area contributed by atoms with Gasteiger partial charge >= 0.3 is 0 Å². The number of carbonyl (C=O) groups is 2. The van der Waals surface area contributed by atoms with Crippen molar-refractivity contribution in [2.45, 2.75) is 20.3 Å². The van der Waals surface area contributed by atoms with Gasteiger partial charge < -0.3 is 19.7 Å². The normalized spacial score (nSPS) is 10.2.